The largest absolute Gasteiger partial charge is 0.341 e. The van der Waals surface area contributed by atoms with Gasteiger partial charge in [-0.25, -0.2) is 0 Å². The lowest BCUT2D eigenvalue weighted by molar-refractivity contribution is -0.135. The first-order chi connectivity index (χ1) is 8.18. The quantitative estimate of drug-likeness (QED) is 0.820. The third-order valence-electron chi connectivity index (χ3n) is 4.19. The van der Waals surface area contributed by atoms with Gasteiger partial charge in [0.2, 0.25) is 5.91 Å². The molecule has 0 aromatic carbocycles. The molecule has 0 spiro atoms. The Hall–Kier alpha value is -0.320. The summed E-state index contributed by atoms with van der Waals surface area (Å²) in [6.45, 7) is 3.22. The Labute approximate surface area is 116 Å². The first-order valence-electron chi connectivity index (χ1n) is 6.87. The Morgan fingerprint density at radius 1 is 1.22 bits per heavy atom. The summed E-state index contributed by atoms with van der Waals surface area (Å²) in [5, 5.41) is 3.35. The number of hydrogen-bond acceptors (Lipinski definition) is 3. The van der Waals surface area contributed by atoms with Crippen LogP contribution in [0.15, 0.2) is 0 Å². The van der Waals surface area contributed by atoms with Crippen LogP contribution in [-0.4, -0.2) is 61.5 Å². The number of likely N-dealkylation sites (N-methyl/N-ethyl adjacent to an activating group) is 1. The lowest BCUT2D eigenvalue weighted by Gasteiger charge is -2.37. The van der Waals surface area contributed by atoms with E-state index in [2.05, 4.69) is 17.3 Å². The second kappa shape index (κ2) is 7.31. The van der Waals surface area contributed by atoms with Gasteiger partial charge in [0.05, 0.1) is 6.04 Å². The summed E-state index contributed by atoms with van der Waals surface area (Å²) in [5.74, 6) is 0.305. The molecule has 0 saturated carbocycles. The van der Waals surface area contributed by atoms with Gasteiger partial charge in [0, 0.05) is 13.1 Å². The van der Waals surface area contributed by atoms with Gasteiger partial charge < -0.3 is 15.1 Å². The van der Waals surface area contributed by atoms with Crippen molar-refractivity contribution in [2.45, 2.75) is 44.2 Å². The van der Waals surface area contributed by atoms with Crippen molar-refractivity contribution < 1.29 is 4.79 Å². The number of carbonyl (C=O) groups excluding carboxylic acids is 1. The first-order valence-corrected chi connectivity index (χ1v) is 6.87. The Kier molecular flexibility index (Phi) is 6.39. The highest BCUT2D eigenvalue weighted by Gasteiger charge is 2.29. The van der Waals surface area contributed by atoms with Gasteiger partial charge in [0.1, 0.15) is 0 Å². The average molecular weight is 276 g/mol. The molecular weight excluding hydrogens is 250 g/mol. The summed E-state index contributed by atoms with van der Waals surface area (Å²) in [6, 6.07) is 0.524. The van der Waals surface area contributed by atoms with Gasteiger partial charge in [-0.15, -0.1) is 12.4 Å². The van der Waals surface area contributed by atoms with Gasteiger partial charge in [0.15, 0.2) is 0 Å². The van der Waals surface area contributed by atoms with Crippen LogP contribution in [0.25, 0.3) is 0 Å². The molecule has 4 nitrogen and oxygen atoms in total. The van der Waals surface area contributed by atoms with Gasteiger partial charge >= 0.3 is 0 Å². The number of carbonyl (C=O) groups is 1. The minimum Gasteiger partial charge on any atom is -0.341 e. The van der Waals surface area contributed by atoms with E-state index in [1.165, 1.54) is 12.8 Å². The van der Waals surface area contributed by atoms with E-state index in [0.29, 0.717) is 11.9 Å². The number of piperidine rings is 2. The number of nitrogens with zero attached hydrogens (tertiary/aromatic N) is 2. The van der Waals surface area contributed by atoms with Gasteiger partial charge in [-0.3, -0.25) is 4.79 Å². The lowest BCUT2D eigenvalue weighted by atomic mass is 10.00. The number of halogens is 1. The van der Waals surface area contributed by atoms with E-state index in [1.54, 1.807) is 0 Å². The Morgan fingerprint density at radius 3 is 2.44 bits per heavy atom. The van der Waals surface area contributed by atoms with Gasteiger partial charge in [-0.2, -0.15) is 0 Å². The molecule has 2 aliphatic heterocycles. The summed E-state index contributed by atoms with van der Waals surface area (Å²) in [6.07, 6.45) is 5.64. The molecule has 1 N–H and O–H groups in total. The maximum absolute atomic E-state index is 12.3. The minimum atomic E-state index is 0. The van der Waals surface area contributed by atoms with Crippen LogP contribution in [0.5, 0.6) is 0 Å². The Balaban J connectivity index is 0.00000162. The van der Waals surface area contributed by atoms with E-state index in [1.807, 2.05) is 11.9 Å². The molecule has 0 radical (unpaired) electrons. The van der Waals surface area contributed by atoms with Gasteiger partial charge in [-0.1, -0.05) is 6.42 Å². The van der Waals surface area contributed by atoms with Gasteiger partial charge in [0.25, 0.3) is 0 Å². The van der Waals surface area contributed by atoms with Crippen molar-refractivity contribution in [2.24, 2.45) is 0 Å². The van der Waals surface area contributed by atoms with Crippen LogP contribution in [0.4, 0.5) is 0 Å². The average Bonchev–Trinajstić information content (AvgIpc) is 2.39. The number of hydrogen-bond donors (Lipinski definition) is 1. The molecule has 0 aliphatic carbocycles. The highest BCUT2D eigenvalue weighted by atomic mass is 35.5. The minimum absolute atomic E-state index is 0. The van der Waals surface area contributed by atoms with Crippen molar-refractivity contribution in [3.63, 3.8) is 0 Å². The van der Waals surface area contributed by atoms with Crippen LogP contribution in [0.3, 0.4) is 0 Å². The van der Waals surface area contributed by atoms with Crippen LogP contribution < -0.4 is 5.32 Å². The van der Waals surface area contributed by atoms with E-state index >= 15 is 0 Å². The number of amides is 1. The maximum Gasteiger partial charge on any atom is 0.239 e. The zero-order valence-electron chi connectivity index (χ0n) is 11.5. The highest BCUT2D eigenvalue weighted by molar-refractivity contribution is 5.85. The summed E-state index contributed by atoms with van der Waals surface area (Å²) < 4.78 is 0. The predicted octanol–water partition coefficient (Wildman–Crippen LogP) is 1.10. The molecule has 5 heteroatoms. The molecule has 2 saturated heterocycles. The summed E-state index contributed by atoms with van der Waals surface area (Å²) >= 11 is 0. The van der Waals surface area contributed by atoms with E-state index in [4.69, 9.17) is 0 Å². The van der Waals surface area contributed by atoms with E-state index < -0.39 is 0 Å². The highest BCUT2D eigenvalue weighted by Crippen LogP contribution is 2.17. The second-order valence-electron chi connectivity index (χ2n) is 5.49. The molecule has 2 heterocycles. The van der Waals surface area contributed by atoms with Gasteiger partial charge in [-0.05, 0) is 52.4 Å². The fraction of sp³-hybridized carbons (Fsp3) is 0.923. The fourth-order valence-corrected chi connectivity index (χ4v) is 2.87. The Morgan fingerprint density at radius 2 is 1.89 bits per heavy atom. The zero-order valence-corrected chi connectivity index (χ0v) is 12.3. The molecule has 2 rings (SSSR count). The SMILES string of the molecule is CN1CCC(N(C)C(=O)[C@@H]2CCCCN2)CC1.Cl. The van der Waals surface area contributed by atoms with Crippen molar-refractivity contribution in [2.75, 3.05) is 33.7 Å². The van der Waals surface area contributed by atoms with Crippen molar-refractivity contribution >= 4 is 18.3 Å². The van der Waals surface area contributed by atoms with Crippen molar-refractivity contribution in [3.8, 4) is 0 Å². The molecular formula is C13H26ClN3O. The third-order valence-corrected chi connectivity index (χ3v) is 4.19. The molecule has 0 aromatic rings. The predicted molar refractivity (Wildman–Crippen MR) is 76.2 cm³/mol. The molecule has 2 aliphatic rings. The third kappa shape index (κ3) is 3.84. The number of likely N-dealkylation sites (tertiary alicyclic amines) is 1. The van der Waals surface area contributed by atoms with Crippen LogP contribution in [-0.2, 0) is 4.79 Å². The van der Waals surface area contributed by atoms with E-state index in [-0.39, 0.29) is 18.4 Å². The normalized spacial score (nSPS) is 26.4. The molecule has 106 valence electrons. The molecule has 1 atom stereocenters. The second-order valence-corrected chi connectivity index (χ2v) is 5.49. The van der Waals surface area contributed by atoms with E-state index in [0.717, 1.165) is 38.9 Å². The first kappa shape index (κ1) is 15.7. The summed E-state index contributed by atoms with van der Waals surface area (Å²) in [7, 11) is 4.13. The monoisotopic (exact) mass is 275 g/mol. The molecule has 2 fully saturated rings. The van der Waals surface area contributed by atoms with Crippen LogP contribution in [0, 0.1) is 0 Å². The standard InChI is InChI=1S/C13H25N3O.ClH/c1-15-9-6-11(7-10-15)16(2)13(17)12-5-3-4-8-14-12;/h11-12,14H,3-10H2,1-2H3;1H/t12-;/m0./s1. The summed E-state index contributed by atoms with van der Waals surface area (Å²) in [4.78, 5) is 16.7. The molecule has 0 unspecified atom stereocenters. The number of rotatable bonds is 2. The fourth-order valence-electron chi connectivity index (χ4n) is 2.87. The molecule has 0 aromatic heterocycles. The van der Waals surface area contributed by atoms with E-state index in [9.17, 15) is 4.79 Å². The summed E-state index contributed by atoms with van der Waals surface area (Å²) in [5.41, 5.74) is 0. The van der Waals surface area contributed by atoms with Crippen LogP contribution >= 0.6 is 12.4 Å². The van der Waals surface area contributed by atoms with Crippen molar-refractivity contribution in [3.05, 3.63) is 0 Å². The maximum atomic E-state index is 12.3. The molecule has 18 heavy (non-hydrogen) atoms. The van der Waals surface area contributed by atoms with Crippen LogP contribution in [0.1, 0.15) is 32.1 Å². The molecule has 1 amide bonds. The molecule has 0 bridgehead atoms. The smallest absolute Gasteiger partial charge is 0.239 e. The van der Waals surface area contributed by atoms with Crippen molar-refractivity contribution in [1.82, 2.24) is 15.1 Å². The topological polar surface area (TPSA) is 35.6 Å². The number of nitrogens with one attached hydrogen (secondary N) is 1. The van der Waals surface area contributed by atoms with Crippen LogP contribution in [0.2, 0.25) is 0 Å². The Bertz CT molecular complexity index is 261. The van der Waals surface area contributed by atoms with Crippen molar-refractivity contribution in [1.29, 1.82) is 0 Å². The zero-order chi connectivity index (χ0) is 12.3. The lowest BCUT2D eigenvalue weighted by Crippen LogP contribution is -2.52.